The lowest BCUT2D eigenvalue weighted by molar-refractivity contribution is -0.119. The van der Waals surface area contributed by atoms with E-state index in [1.165, 1.54) is 17.1 Å². The third-order valence-electron chi connectivity index (χ3n) is 2.47. The van der Waals surface area contributed by atoms with Crippen molar-refractivity contribution in [2.24, 2.45) is 0 Å². The molecule has 0 unspecified atom stereocenters. The van der Waals surface area contributed by atoms with Crippen LogP contribution in [0.2, 0.25) is 0 Å². The monoisotopic (exact) mass is 279 g/mol. The lowest BCUT2D eigenvalue weighted by atomic mass is 10.1. The molecule has 2 rings (SSSR count). The predicted octanol–water partition coefficient (Wildman–Crippen LogP) is 2.44. The van der Waals surface area contributed by atoms with Crippen molar-refractivity contribution < 1.29 is 9.59 Å². The van der Waals surface area contributed by atoms with Crippen LogP contribution in [0.4, 0.5) is 5.69 Å². The van der Waals surface area contributed by atoms with Crippen LogP contribution in [0.15, 0.2) is 34.8 Å². The van der Waals surface area contributed by atoms with E-state index in [-0.39, 0.29) is 11.8 Å². The summed E-state index contributed by atoms with van der Waals surface area (Å²) in [6.07, 6.45) is 3.36. The van der Waals surface area contributed by atoms with E-state index in [1.807, 2.05) is 19.1 Å². The number of hydrogen-bond donors (Lipinski definition) is 0. The number of imide groups is 1. The van der Waals surface area contributed by atoms with E-state index in [4.69, 9.17) is 0 Å². The SMILES string of the molecule is CCc1cc(Br)ccc1N1C(=O)C=CC1=O. The van der Waals surface area contributed by atoms with E-state index in [0.717, 1.165) is 16.5 Å². The number of halogens is 1. The maximum Gasteiger partial charge on any atom is 0.258 e. The number of rotatable bonds is 2. The smallest absolute Gasteiger partial charge is 0.258 e. The average Bonchev–Trinajstić information content (AvgIpc) is 2.59. The zero-order chi connectivity index (χ0) is 11.7. The molecule has 82 valence electrons. The molecule has 1 aliphatic rings. The van der Waals surface area contributed by atoms with Crippen LogP contribution < -0.4 is 4.90 Å². The molecule has 16 heavy (non-hydrogen) atoms. The minimum absolute atomic E-state index is 0.276. The van der Waals surface area contributed by atoms with Crippen LogP contribution in [0.5, 0.6) is 0 Å². The Balaban J connectivity index is 2.48. The largest absolute Gasteiger partial charge is 0.269 e. The summed E-state index contributed by atoms with van der Waals surface area (Å²) in [7, 11) is 0. The maximum absolute atomic E-state index is 11.5. The molecule has 3 nitrogen and oxygen atoms in total. The van der Waals surface area contributed by atoms with Crippen LogP contribution in [0.25, 0.3) is 0 Å². The number of benzene rings is 1. The normalized spacial score (nSPS) is 15.0. The van der Waals surface area contributed by atoms with Crippen molar-refractivity contribution >= 4 is 33.4 Å². The number of anilines is 1. The number of hydrogen-bond acceptors (Lipinski definition) is 2. The van der Waals surface area contributed by atoms with Gasteiger partial charge in [0.25, 0.3) is 11.8 Å². The first-order chi connectivity index (χ1) is 7.63. The summed E-state index contributed by atoms with van der Waals surface area (Å²) in [5, 5.41) is 0. The van der Waals surface area contributed by atoms with Crippen LogP contribution >= 0.6 is 15.9 Å². The van der Waals surface area contributed by atoms with Gasteiger partial charge in [-0.25, -0.2) is 4.90 Å². The zero-order valence-corrected chi connectivity index (χ0v) is 10.3. The predicted molar refractivity (Wildman–Crippen MR) is 65.2 cm³/mol. The van der Waals surface area contributed by atoms with Gasteiger partial charge in [0.05, 0.1) is 5.69 Å². The first-order valence-corrected chi connectivity index (χ1v) is 5.77. The van der Waals surface area contributed by atoms with Crippen LogP contribution in [0.3, 0.4) is 0 Å². The zero-order valence-electron chi connectivity index (χ0n) is 8.74. The molecule has 1 aromatic rings. The molecule has 4 heteroatoms. The molecule has 0 radical (unpaired) electrons. The summed E-state index contributed by atoms with van der Waals surface area (Å²) >= 11 is 3.37. The summed E-state index contributed by atoms with van der Waals surface area (Å²) in [5.74, 6) is -0.552. The molecule has 0 fully saturated rings. The Morgan fingerprint density at radius 2 is 1.81 bits per heavy atom. The molecule has 0 N–H and O–H groups in total. The van der Waals surface area contributed by atoms with Gasteiger partial charge in [0.1, 0.15) is 0 Å². The Labute approximate surface area is 102 Å². The molecule has 0 saturated carbocycles. The summed E-state index contributed by atoms with van der Waals surface area (Å²) in [6, 6.07) is 5.54. The third kappa shape index (κ3) is 1.80. The number of carbonyl (C=O) groups is 2. The van der Waals surface area contributed by atoms with Crippen LogP contribution in [0.1, 0.15) is 12.5 Å². The van der Waals surface area contributed by atoms with Gasteiger partial charge in [0, 0.05) is 16.6 Å². The Bertz CT molecular complexity index is 476. The van der Waals surface area contributed by atoms with Crippen molar-refractivity contribution in [1.82, 2.24) is 0 Å². The Kier molecular flexibility index (Phi) is 2.92. The molecule has 0 saturated heterocycles. The van der Waals surface area contributed by atoms with E-state index in [9.17, 15) is 9.59 Å². The van der Waals surface area contributed by atoms with E-state index < -0.39 is 0 Å². The van der Waals surface area contributed by atoms with Gasteiger partial charge in [-0.2, -0.15) is 0 Å². The summed E-state index contributed by atoms with van der Waals surface area (Å²) in [6.45, 7) is 1.99. The molecule has 2 amide bonds. The van der Waals surface area contributed by atoms with Crippen LogP contribution in [-0.4, -0.2) is 11.8 Å². The third-order valence-corrected chi connectivity index (χ3v) is 2.97. The fourth-order valence-electron chi connectivity index (χ4n) is 1.69. The van der Waals surface area contributed by atoms with Crippen molar-refractivity contribution in [2.75, 3.05) is 4.90 Å². The molecular formula is C12H10BrNO2. The molecule has 0 aromatic heterocycles. The fourth-order valence-corrected chi connectivity index (χ4v) is 2.10. The summed E-state index contributed by atoms with van der Waals surface area (Å²) < 4.78 is 0.945. The standard InChI is InChI=1S/C12H10BrNO2/c1-2-8-7-9(13)3-4-10(8)14-11(15)5-6-12(14)16/h3-7H,2H2,1H3. The highest BCUT2D eigenvalue weighted by Crippen LogP contribution is 2.27. The van der Waals surface area contributed by atoms with E-state index in [1.54, 1.807) is 6.07 Å². The van der Waals surface area contributed by atoms with Gasteiger partial charge in [-0.15, -0.1) is 0 Å². The van der Waals surface area contributed by atoms with Gasteiger partial charge in [0.15, 0.2) is 0 Å². The lowest BCUT2D eigenvalue weighted by Crippen LogP contribution is -2.30. The highest BCUT2D eigenvalue weighted by atomic mass is 79.9. The Morgan fingerprint density at radius 1 is 1.19 bits per heavy atom. The van der Waals surface area contributed by atoms with Crippen molar-refractivity contribution in [1.29, 1.82) is 0 Å². The van der Waals surface area contributed by atoms with Crippen molar-refractivity contribution in [3.63, 3.8) is 0 Å². The number of amides is 2. The highest BCUT2D eigenvalue weighted by Gasteiger charge is 2.26. The molecule has 1 aromatic carbocycles. The maximum atomic E-state index is 11.5. The highest BCUT2D eigenvalue weighted by molar-refractivity contribution is 9.10. The molecule has 1 heterocycles. The lowest BCUT2D eigenvalue weighted by Gasteiger charge is -2.17. The van der Waals surface area contributed by atoms with E-state index in [2.05, 4.69) is 15.9 Å². The van der Waals surface area contributed by atoms with Gasteiger partial charge >= 0.3 is 0 Å². The first kappa shape index (κ1) is 11.1. The number of aryl methyl sites for hydroxylation is 1. The second-order valence-electron chi connectivity index (χ2n) is 3.47. The Morgan fingerprint density at radius 3 is 2.38 bits per heavy atom. The topological polar surface area (TPSA) is 37.4 Å². The summed E-state index contributed by atoms with van der Waals surface area (Å²) in [5.41, 5.74) is 1.64. The average molecular weight is 280 g/mol. The van der Waals surface area contributed by atoms with Gasteiger partial charge in [0.2, 0.25) is 0 Å². The molecule has 0 aliphatic carbocycles. The number of carbonyl (C=O) groups excluding carboxylic acids is 2. The fraction of sp³-hybridized carbons (Fsp3) is 0.167. The molecular weight excluding hydrogens is 270 g/mol. The molecule has 0 spiro atoms. The van der Waals surface area contributed by atoms with Gasteiger partial charge in [-0.1, -0.05) is 22.9 Å². The summed E-state index contributed by atoms with van der Waals surface area (Å²) in [4.78, 5) is 24.3. The number of nitrogens with zero attached hydrogens (tertiary/aromatic N) is 1. The van der Waals surface area contributed by atoms with E-state index in [0.29, 0.717) is 5.69 Å². The molecule has 0 atom stereocenters. The van der Waals surface area contributed by atoms with Gasteiger partial charge < -0.3 is 0 Å². The first-order valence-electron chi connectivity index (χ1n) is 4.98. The van der Waals surface area contributed by atoms with E-state index >= 15 is 0 Å². The van der Waals surface area contributed by atoms with Gasteiger partial charge in [-0.3, -0.25) is 9.59 Å². The quantitative estimate of drug-likeness (QED) is 0.780. The van der Waals surface area contributed by atoms with Crippen molar-refractivity contribution in [3.8, 4) is 0 Å². The minimum atomic E-state index is -0.276. The second kappa shape index (κ2) is 4.22. The van der Waals surface area contributed by atoms with Crippen molar-refractivity contribution in [3.05, 3.63) is 40.4 Å². The molecule has 0 bridgehead atoms. The van der Waals surface area contributed by atoms with Gasteiger partial charge in [-0.05, 0) is 30.2 Å². The van der Waals surface area contributed by atoms with Crippen molar-refractivity contribution in [2.45, 2.75) is 13.3 Å². The minimum Gasteiger partial charge on any atom is -0.269 e. The molecule has 1 aliphatic heterocycles. The second-order valence-corrected chi connectivity index (χ2v) is 4.39. The van der Waals surface area contributed by atoms with Crippen LogP contribution in [-0.2, 0) is 16.0 Å². The van der Waals surface area contributed by atoms with Crippen LogP contribution in [0, 0.1) is 0 Å². The Hall–Kier alpha value is -1.42.